The van der Waals surface area contributed by atoms with Gasteiger partial charge < -0.3 is 15.5 Å². The van der Waals surface area contributed by atoms with Crippen molar-refractivity contribution < 1.29 is 0 Å². The van der Waals surface area contributed by atoms with Crippen molar-refractivity contribution in [1.29, 1.82) is 0 Å². The maximum atomic E-state index is 5.94. The first-order chi connectivity index (χ1) is 9.69. The summed E-state index contributed by atoms with van der Waals surface area (Å²) in [5, 5.41) is 0. The van der Waals surface area contributed by atoms with Crippen LogP contribution >= 0.6 is 24.0 Å². The molecular formula is C16H29IN4. The van der Waals surface area contributed by atoms with E-state index in [0.717, 1.165) is 39.0 Å². The van der Waals surface area contributed by atoms with Crippen LogP contribution in [0.15, 0.2) is 35.3 Å². The highest BCUT2D eigenvalue weighted by atomic mass is 127. The number of hydrogen-bond acceptors (Lipinski definition) is 2. The number of aliphatic imine (C=N–C) groups is 1. The first-order valence-corrected chi connectivity index (χ1v) is 7.50. The molecular weight excluding hydrogens is 375 g/mol. The normalized spacial score (nSPS) is 10.9. The number of nitrogens with two attached hydrogens (primary N) is 1. The lowest BCUT2D eigenvalue weighted by Crippen LogP contribution is -2.37. The minimum atomic E-state index is 0. The van der Waals surface area contributed by atoms with Crippen LogP contribution in [0.2, 0.25) is 0 Å². The minimum absolute atomic E-state index is 0. The monoisotopic (exact) mass is 404 g/mol. The van der Waals surface area contributed by atoms with Crippen molar-refractivity contribution in [3.05, 3.63) is 30.3 Å². The van der Waals surface area contributed by atoms with E-state index in [2.05, 4.69) is 60.0 Å². The van der Waals surface area contributed by atoms with Gasteiger partial charge in [-0.05, 0) is 38.8 Å². The van der Waals surface area contributed by atoms with Crippen LogP contribution in [-0.4, -0.2) is 44.1 Å². The van der Waals surface area contributed by atoms with Gasteiger partial charge >= 0.3 is 0 Å². The second-order valence-electron chi connectivity index (χ2n) is 4.88. The predicted octanol–water partition coefficient (Wildman–Crippen LogP) is 3.18. The molecule has 0 radical (unpaired) electrons. The van der Waals surface area contributed by atoms with Gasteiger partial charge in [0.2, 0.25) is 0 Å². The number of rotatable bonds is 8. The second kappa shape index (κ2) is 11.7. The molecule has 0 aliphatic carbocycles. The molecule has 2 N–H and O–H groups in total. The van der Waals surface area contributed by atoms with Crippen LogP contribution < -0.4 is 10.6 Å². The zero-order valence-electron chi connectivity index (χ0n) is 13.5. The van der Waals surface area contributed by atoms with Crippen molar-refractivity contribution in [2.45, 2.75) is 26.7 Å². The molecule has 0 spiro atoms. The lowest BCUT2D eigenvalue weighted by Gasteiger charge is -2.20. The average molecular weight is 404 g/mol. The number of para-hydroxylation sites is 1. The summed E-state index contributed by atoms with van der Waals surface area (Å²) in [6, 6.07) is 10.5. The summed E-state index contributed by atoms with van der Waals surface area (Å²) in [5.74, 6) is 0.673. The molecule has 5 heteroatoms. The van der Waals surface area contributed by atoms with E-state index >= 15 is 0 Å². The molecule has 0 atom stereocenters. The number of anilines is 1. The summed E-state index contributed by atoms with van der Waals surface area (Å²) in [7, 11) is 2.13. The van der Waals surface area contributed by atoms with E-state index in [0.29, 0.717) is 5.96 Å². The summed E-state index contributed by atoms with van der Waals surface area (Å²) in [6.45, 7) is 7.89. The molecule has 0 fully saturated rings. The predicted molar refractivity (Wildman–Crippen MR) is 104 cm³/mol. The standard InChI is InChI=1S/C16H28N4.HI/c1-4-20(5-2)16(17)18-13-9-10-14-19(3)15-11-7-6-8-12-15;/h6-8,11-12H,4-5,9-10,13-14H2,1-3H3,(H2,17,18);1H. The molecule has 120 valence electrons. The fourth-order valence-corrected chi connectivity index (χ4v) is 2.11. The van der Waals surface area contributed by atoms with Gasteiger partial charge in [-0.3, -0.25) is 4.99 Å². The molecule has 0 aliphatic rings. The zero-order chi connectivity index (χ0) is 14.8. The molecule has 1 aromatic carbocycles. The van der Waals surface area contributed by atoms with Crippen LogP contribution in [0, 0.1) is 0 Å². The van der Waals surface area contributed by atoms with Gasteiger partial charge in [0.05, 0.1) is 0 Å². The van der Waals surface area contributed by atoms with E-state index in [-0.39, 0.29) is 24.0 Å². The van der Waals surface area contributed by atoms with Crippen molar-refractivity contribution in [2.24, 2.45) is 10.7 Å². The summed E-state index contributed by atoms with van der Waals surface area (Å²) >= 11 is 0. The summed E-state index contributed by atoms with van der Waals surface area (Å²) in [4.78, 5) is 8.79. The van der Waals surface area contributed by atoms with Gasteiger partial charge in [0, 0.05) is 38.9 Å². The Morgan fingerprint density at radius 1 is 1.10 bits per heavy atom. The molecule has 0 bridgehead atoms. The van der Waals surface area contributed by atoms with E-state index in [9.17, 15) is 0 Å². The molecule has 0 aliphatic heterocycles. The Bertz CT molecular complexity index is 391. The maximum absolute atomic E-state index is 5.94. The first kappa shape index (κ1) is 20.0. The van der Waals surface area contributed by atoms with Crippen LogP contribution in [0.5, 0.6) is 0 Å². The summed E-state index contributed by atoms with van der Waals surface area (Å²) in [6.07, 6.45) is 2.19. The molecule has 4 nitrogen and oxygen atoms in total. The SMILES string of the molecule is CCN(CC)C(N)=NCCCCN(C)c1ccccc1.I. The van der Waals surface area contributed by atoms with Crippen molar-refractivity contribution in [1.82, 2.24) is 4.90 Å². The molecule has 0 heterocycles. The van der Waals surface area contributed by atoms with Gasteiger partial charge in [-0.25, -0.2) is 0 Å². The third kappa shape index (κ3) is 7.55. The number of halogens is 1. The average Bonchev–Trinajstić information content (AvgIpc) is 2.49. The quantitative estimate of drug-likeness (QED) is 0.313. The van der Waals surface area contributed by atoms with Gasteiger partial charge in [0.1, 0.15) is 0 Å². The van der Waals surface area contributed by atoms with Gasteiger partial charge in [-0.15, -0.1) is 24.0 Å². The van der Waals surface area contributed by atoms with Crippen molar-refractivity contribution in [3.63, 3.8) is 0 Å². The number of benzene rings is 1. The molecule has 0 aromatic heterocycles. The topological polar surface area (TPSA) is 44.9 Å². The van der Waals surface area contributed by atoms with Gasteiger partial charge in [0.25, 0.3) is 0 Å². The molecule has 21 heavy (non-hydrogen) atoms. The number of guanidine groups is 1. The van der Waals surface area contributed by atoms with E-state index in [1.54, 1.807) is 0 Å². The number of unbranched alkanes of at least 4 members (excludes halogenated alkanes) is 1. The second-order valence-corrected chi connectivity index (χ2v) is 4.88. The highest BCUT2D eigenvalue weighted by Gasteiger charge is 2.02. The Kier molecular flexibility index (Phi) is 11.1. The fourth-order valence-electron chi connectivity index (χ4n) is 2.11. The van der Waals surface area contributed by atoms with Crippen LogP contribution in [0.3, 0.4) is 0 Å². The molecule has 0 saturated carbocycles. The summed E-state index contributed by atoms with van der Waals surface area (Å²) in [5.41, 5.74) is 7.20. The third-order valence-electron chi connectivity index (χ3n) is 3.46. The zero-order valence-corrected chi connectivity index (χ0v) is 15.8. The van der Waals surface area contributed by atoms with Gasteiger partial charge in [-0.2, -0.15) is 0 Å². The highest BCUT2D eigenvalue weighted by Crippen LogP contribution is 2.11. The van der Waals surface area contributed by atoms with Crippen LogP contribution in [0.1, 0.15) is 26.7 Å². The molecule has 0 amide bonds. The third-order valence-corrected chi connectivity index (χ3v) is 3.46. The maximum Gasteiger partial charge on any atom is 0.191 e. The Balaban J connectivity index is 0.00000400. The smallest absolute Gasteiger partial charge is 0.191 e. The molecule has 0 unspecified atom stereocenters. The summed E-state index contributed by atoms with van der Waals surface area (Å²) < 4.78 is 0. The van der Waals surface area contributed by atoms with Gasteiger partial charge in [0.15, 0.2) is 5.96 Å². The highest BCUT2D eigenvalue weighted by molar-refractivity contribution is 14.0. The van der Waals surface area contributed by atoms with E-state index in [1.807, 2.05) is 6.07 Å². The lowest BCUT2D eigenvalue weighted by molar-refractivity contribution is 0.457. The van der Waals surface area contributed by atoms with Crippen LogP contribution in [-0.2, 0) is 0 Å². The van der Waals surface area contributed by atoms with E-state index < -0.39 is 0 Å². The Labute approximate surface area is 146 Å². The van der Waals surface area contributed by atoms with Crippen molar-refractivity contribution >= 4 is 35.6 Å². The van der Waals surface area contributed by atoms with E-state index in [1.165, 1.54) is 5.69 Å². The van der Waals surface area contributed by atoms with Crippen LogP contribution in [0.25, 0.3) is 0 Å². The molecule has 1 aromatic rings. The number of nitrogens with zero attached hydrogens (tertiary/aromatic N) is 3. The van der Waals surface area contributed by atoms with Crippen molar-refractivity contribution in [3.8, 4) is 0 Å². The van der Waals surface area contributed by atoms with E-state index in [4.69, 9.17) is 5.73 Å². The largest absolute Gasteiger partial charge is 0.375 e. The fraction of sp³-hybridized carbons (Fsp3) is 0.562. The Morgan fingerprint density at radius 2 is 1.71 bits per heavy atom. The molecule has 1 rings (SSSR count). The first-order valence-electron chi connectivity index (χ1n) is 7.50. The number of hydrogen-bond donors (Lipinski definition) is 1. The van der Waals surface area contributed by atoms with Crippen molar-refractivity contribution in [2.75, 3.05) is 38.1 Å². The lowest BCUT2D eigenvalue weighted by atomic mass is 10.2. The Morgan fingerprint density at radius 3 is 2.29 bits per heavy atom. The minimum Gasteiger partial charge on any atom is -0.375 e. The molecule has 0 saturated heterocycles. The Hall–Kier alpha value is -0.980. The van der Waals surface area contributed by atoms with Crippen LogP contribution in [0.4, 0.5) is 5.69 Å². The van der Waals surface area contributed by atoms with Gasteiger partial charge in [-0.1, -0.05) is 18.2 Å².